The van der Waals surface area contributed by atoms with Crippen molar-refractivity contribution in [2.45, 2.75) is 26.3 Å². The molecule has 5 nitrogen and oxygen atoms in total. The highest BCUT2D eigenvalue weighted by Crippen LogP contribution is 1.96. The number of imide groups is 1. The van der Waals surface area contributed by atoms with Crippen molar-refractivity contribution in [2.75, 3.05) is 6.54 Å². The van der Waals surface area contributed by atoms with Gasteiger partial charge in [0.2, 0.25) is 0 Å². The van der Waals surface area contributed by atoms with Crippen LogP contribution in [-0.2, 0) is 6.54 Å². The van der Waals surface area contributed by atoms with Crippen molar-refractivity contribution < 1.29 is 9.59 Å². The third-order valence-corrected chi connectivity index (χ3v) is 2.34. The van der Waals surface area contributed by atoms with Gasteiger partial charge in [0.1, 0.15) is 0 Å². The molecule has 0 atom stereocenters. The zero-order valence-corrected chi connectivity index (χ0v) is 10.5. The Morgan fingerprint density at radius 2 is 1.72 bits per heavy atom. The van der Waals surface area contributed by atoms with E-state index in [0.29, 0.717) is 13.1 Å². The molecule has 0 aliphatic heterocycles. The van der Waals surface area contributed by atoms with E-state index in [1.165, 1.54) is 0 Å². The van der Waals surface area contributed by atoms with Gasteiger partial charge in [-0.05, 0) is 12.0 Å². The number of carbonyl (C=O) groups excluding carboxylic acids is 2. The fraction of sp³-hybridized carbons (Fsp3) is 0.385. The zero-order valence-electron chi connectivity index (χ0n) is 10.5. The van der Waals surface area contributed by atoms with Gasteiger partial charge in [-0.2, -0.15) is 0 Å². The highest BCUT2D eigenvalue weighted by molar-refractivity contribution is 5.93. The van der Waals surface area contributed by atoms with E-state index in [9.17, 15) is 9.59 Å². The second-order valence-corrected chi connectivity index (χ2v) is 3.90. The number of hydrogen-bond donors (Lipinski definition) is 3. The minimum absolute atomic E-state index is 0.398. The molecule has 0 spiro atoms. The number of benzene rings is 1. The molecule has 0 radical (unpaired) electrons. The van der Waals surface area contributed by atoms with Crippen molar-refractivity contribution in [2.24, 2.45) is 0 Å². The van der Waals surface area contributed by atoms with Gasteiger partial charge in [0.15, 0.2) is 0 Å². The lowest BCUT2D eigenvalue weighted by Crippen LogP contribution is -2.44. The highest BCUT2D eigenvalue weighted by Gasteiger charge is 2.05. The normalized spacial score (nSPS) is 9.61. The lowest BCUT2D eigenvalue weighted by molar-refractivity contribution is 0.227. The van der Waals surface area contributed by atoms with E-state index in [0.717, 1.165) is 18.4 Å². The van der Waals surface area contributed by atoms with Gasteiger partial charge in [-0.25, -0.2) is 9.59 Å². The van der Waals surface area contributed by atoms with Crippen molar-refractivity contribution in [1.82, 2.24) is 16.0 Å². The zero-order chi connectivity index (χ0) is 13.2. The first-order valence-electron chi connectivity index (χ1n) is 6.09. The van der Waals surface area contributed by atoms with Crippen LogP contribution in [0.3, 0.4) is 0 Å². The third kappa shape index (κ3) is 5.89. The van der Waals surface area contributed by atoms with Crippen molar-refractivity contribution in [3.63, 3.8) is 0 Å². The van der Waals surface area contributed by atoms with Gasteiger partial charge < -0.3 is 10.6 Å². The van der Waals surface area contributed by atoms with Crippen molar-refractivity contribution in [3.8, 4) is 0 Å². The number of rotatable bonds is 5. The average Bonchev–Trinajstić information content (AvgIpc) is 2.38. The summed E-state index contributed by atoms with van der Waals surface area (Å²) in [6.07, 6.45) is 1.90. The molecule has 0 aliphatic carbocycles. The summed E-state index contributed by atoms with van der Waals surface area (Å²) in [6.45, 7) is 3.01. The summed E-state index contributed by atoms with van der Waals surface area (Å²) in [5, 5.41) is 7.42. The third-order valence-electron chi connectivity index (χ3n) is 2.34. The van der Waals surface area contributed by atoms with Crippen LogP contribution in [0.15, 0.2) is 30.3 Å². The average molecular weight is 249 g/mol. The number of nitrogens with one attached hydrogen (secondary N) is 3. The fourth-order valence-corrected chi connectivity index (χ4v) is 1.35. The van der Waals surface area contributed by atoms with Crippen LogP contribution in [0.1, 0.15) is 25.3 Å². The van der Waals surface area contributed by atoms with Crippen LogP contribution < -0.4 is 16.0 Å². The molecule has 98 valence electrons. The van der Waals surface area contributed by atoms with E-state index in [1.54, 1.807) is 0 Å². The molecule has 1 aromatic rings. The molecule has 0 unspecified atom stereocenters. The van der Waals surface area contributed by atoms with Crippen LogP contribution in [-0.4, -0.2) is 18.6 Å². The Morgan fingerprint density at radius 1 is 1.06 bits per heavy atom. The van der Waals surface area contributed by atoms with Crippen LogP contribution in [0.2, 0.25) is 0 Å². The van der Waals surface area contributed by atoms with Gasteiger partial charge in [0, 0.05) is 13.1 Å². The molecule has 4 amide bonds. The first-order chi connectivity index (χ1) is 8.72. The summed E-state index contributed by atoms with van der Waals surface area (Å²) >= 11 is 0. The van der Waals surface area contributed by atoms with Gasteiger partial charge in [-0.1, -0.05) is 43.7 Å². The molecule has 1 aromatic carbocycles. The van der Waals surface area contributed by atoms with Gasteiger partial charge in [0.25, 0.3) is 0 Å². The van der Waals surface area contributed by atoms with E-state index in [1.807, 2.05) is 37.3 Å². The number of amides is 4. The van der Waals surface area contributed by atoms with Crippen molar-refractivity contribution in [3.05, 3.63) is 35.9 Å². The van der Waals surface area contributed by atoms with Gasteiger partial charge in [-0.15, -0.1) is 0 Å². The topological polar surface area (TPSA) is 70.2 Å². The highest BCUT2D eigenvalue weighted by atomic mass is 16.2. The summed E-state index contributed by atoms with van der Waals surface area (Å²) < 4.78 is 0. The molecule has 0 bridgehead atoms. The molecule has 0 aromatic heterocycles. The molecule has 18 heavy (non-hydrogen) atoms. The molecule has 3 N–H and O–H groups in total. The first kappa shape index (κ1) is 14.0. The number of carbonyl (C=O) groups is 2. The second-order valence-electron chi connectivity index (χ2n) is 3.90. The van der Waals surface area contributed by atoms with Crippen molar-refractivity contribution >= 4 is 12.1 Å². The number of hydrogen-bond acceptors (Lipinski definition) is 2. The Morgan fingerprint density at radius 3 is 2.39 bits per heavy atom. The second kappa shape index (κ2) is 8.11. The fourth-order valence-electron chi connectivity index (χ4n) is 1.35. The van der Waals surface area contributed by atoms with Crippen LogP contribution >= 0.6 is 0 Å². The van der Waals surface area contributed by atoms with Gasteiger partial charge >= 0.3 is 12.1 Å². The minimum Gasteiger partial charge on any atom is -0.338 e. The summed E-state index contributed by atoms with van der Waals surface area (Å²) in [5.74, 6) is 0. The summed E-state index contributed by atoms with van der Waals surface area (Å²) in [7, 11) is 0. The standard InChI is InChI=1S/C13H19N3O2/c1-2-3-9-14-12(17)16-13(18)15-10-11-7-5-4-6-8-11/h4-8H,2-3,9-10H2,1H3,(H3,14,15,16,17,18). The molecule has 0 saturated heterocycles. The summed E-state index contributed by atoms with van der Waals surface area (Å²) in [5.41, 5.74) is 0.985. The monoisotopic (exact) mass is 249 g/mol. The Bertz CT molecular complexity index is 379. The van der Waals surface area contributed by atoms with E-state index >= 15 is 0 Å². The quantitative estimate of drug-likeness (QED) is 0.698. The van der Waals surface area contributed by atoms with E-state index in [2.05, 4.69) is 16.0 Å². The molecule has 5 heteroatoms. The smallest absolute Gasteiger partial charge is 0.323 e. The maximum absolute atomic E-state index is 11.4. The molecule has 1 rings (SSSR count). The summed E-state index contributed by atoms with van der Waals surface area (Å²) in [6, 6.07) is 8.55. The van der Waals surface area contributed by atoms with Crippen LogP contribution in [0.4, 0.5) is 9.59 Å². The predicted octanol–water partition coefficient (Wildman–Crippen LogP) is 2.00. The van der Waals surface area contributed by atoms with Gasteiger partial charge in [-0.3, -0.25) is 5.32 Å². The number of urea groups is 2. The van der Waals surface area contributed by atoms with Crippen LogP contribution in [0.5, 0.6) is 0 Å². The lowest BCUT2D eigenvalue weighted by Gasteiger charge is -2.07. The number of unbranched alkanes of at least 4 members (excludes halogenated alkanes) is 1. The van der Waals surface area contributed by atoms with E-state index in [4.69, 9.17) is 0 Å². The molecule has 0 saturated carbocycles. The molecule has 0 fully saturated rings. The van der Waals surface area contributed by atoms with Crippen LogP contribution in [0.25, 0.3) is 0 Å². The first-order valence-corrected chi connectivity index (χ1v) is 6.09. The van der Waals surface area contributed by atoms with E-state index in [-0.39, 0.29) is 0 Å². The van der Waals surface area contributed by atoms with E-state index < -0.39 is 12.1 Å². The Balaban J connectivity index is 2.19. The molecular formula is C13H19N3O2. The van der Waals surface area contributed by atoms with Gasteiger partial charge in [0.05, 0.1) is 0 Å². The van der Waals surface area contributed by atoms with Crippen molar-refractivity contribution in [1.29, 1.82) is 0 Å². The molecule has 0 heterocycles. The summed E-state index contributed by atoms with van der Waals surface area (Å²) in [4.78, 5) is 22.6. The maximum Gasteiger partial charge on any atom is 0.323 e. The molecular weight excluding hydrogens is 230 g/mol. The Hall–Kier alpha value is -2.04. The lowest BCUT2D eigenvalue weighted by atomic mass is 10.2. The minimum atomic E-state index is -0.493. The largest absolute Gasteiger partial charge is 0.338 e. The van der Waals surface area contributed by atoms with Crippen LogP contribution in [0, 0.1) is 0 Å². The maximum atomic E-state index is 11.4. The Kier molecular flexibility index (Phi) is 6.32. The Labute approximate surface area is 107 Å². The SMILES string of the molecule is CCCCNC(=O)NC(=O)NCc1ccccc1. The molecule has 0 aliphatic rings. The predicted molar refractivity (Wildman–Crippen MR) is 70.1 cm³/mol.